The zero-order valence-electron chi connectivity index (χ0n) is 17.3. The molecule has 1 aliphatic carbocycles. The Morgan fingerprint density at radius 3 is 2.31 bits per heavy atom. The van der Waals surface area contributed by atoms with Crippen LogP contribution in [0.5, 0.6) is 0 Å². The summed E-state index contributed by atoms with van der Waals surface area (Å²) in [5, 5.41) is 5.86. The fraction of sp³-hybridized carbons (Fsp3) is 0.571. The molecule has 0 spiro atoms. The second-order valence-electron chi connectivity index (χ2n) is 8.04. The number of benzene rings is 1. The molecule has 2 N–H and O–H groups in total. The molecule has 2 aliphatic rings. The van der Waals surface area contributed by atoms with Crippen molar-refractivity contribution in [2.45, 2.75) is 25.3 Å². The van der Waals surface area contributed by atoms with Crippen molar-refractivity contribution in [1.82, 2.24) is 20.0 Å². The van der Waals surface area contributed by atoms with E-state index in [2.05, 4.69) is 20.4 Å². The molecule has 0 bridgehead atoms. The van der Waals surface area contributed by atoms with Crippen LogP contribution >= 0.6 is 0 Å². The number of likely N-dealkylation sites (N-methyl/N-ethyl adjacent to an activating group) is 1. The standard InChI is InChI=1S/C21H31N5O3/c1-24(2)20(28)15-26-11-5-10-25(12-13-26)14-19(27)23-18-7-4-3-6-17(18)21(29)22-16-8-9-16/h3-4,6-7,16H,5,8-15H2,1-2H3,(H,22,29)(H,23,27). The summed E-state index contributed by atoms with van der Waals surface area (Å²) >= 11 is 0. The number of hydrogen-bond donors (Lipinski definition) is 2. The molecular weight excluding hydrogens is 370 g/mol. The van der Waals surface area contributed by atoms with Crippen LogP contribution in [0.4, 0.5) is 5.69 Å². The summed E-state index contributed by atoms with van der Waals surface area (Å²) in [4.78, 5) is 42.7. The van der Waals surface area contributed by atoms with Crippen LogP contribution in [0.1, 0.15) is 29.6 Å². The molecule has 29 heavy (non-hydrogen) atoms. The first-order valence-corrected chi connectivity index (χ1v) is 10.3. The summed E-state index contributed by atoms with van der Waals surface area (Å²) in [7, 11) is 3.53. The largest absolute Gasteiger partial charge is 0.349 e. The van der Waals surface area contributed by atoms with Crippen LogP contribution in [0.3, 0.4) is 0 Å². The lowest BCUT2D eigenvalue weighted by Gasteiger charge is -2.22. The lowest BCUT2D eigenvalue weighted by atomic mass is 10.1. The summed E-state index contributed by atoms with van der Waals surface area (Å²) in [5.41, 5.74) is 1.04. The van der Waals surface area contributed by atoms with E-state index in [9.17, 15) is 14.4 Å². The molecule has 3 rings (SSSR count). The minimum Gasteiger partial charge on any atom is -0.349 e. The molecule has 0 radical (unpaired) electrons. The second kappa shape index (κ2) is 9.84. The molecule has 8 nitrogen and oxygen atoms in total. The molecular formula is C21H31N5O3. The number of anilines is 1. The SMILES string of the molecule is CN(C)C(=O)CN1CCCN(CC(=O)Nc2ccccc2C(=O)NC2CC2)CC1. The van der Waals surface area contributed by atoms with E-state index in [1.807, 2.05) is 6.07 Å². The van der Waals surface area contributed by atoms with Gasteiger partial charge in [-0.15, -0.1) is 0 Å². The molecule has 1 aromatic rings. The van der Waals surface area contributed by atoms with Gasteiger partial charge in [0.1, 0.15) is 0 Å². The van der Waals surface area contributed by atoms with Gasteiger partial charge in [0.25, 0.3) is 5.91 Å². The number of carbonyl (C=O) groups excluding carboxylic acids is 3. The fourth-order valence-corrected chi connectivity index (χ4v) is 3.35. The van der Waals surface area contributed by atoms with Crippen LogP contribution in [0.25, 0.3) is 0 Å². The average Bonchev–Trinajstić information content (AvgIpc) is 3.51. The Labute approximate surface area is 172 Å². The van der Waals surface area contributed by atoms with Crippen molar-refractivity contribution in [3.63, 3.8) is 0 Å². The zero-order chi connectivity index (χ0) is 20.8. The van der Waals surface area contributed by atoms with Gasteiger partial charge in [-0.3, -0.25) is 24.2 Å². The van der Waals surface area contributed by atoms with Gasteiger partial charge in [0.2, 0.25) is 11.8 Å². The van der Waals surface area contributed by atoms with Crippen molar-refractivity contribution in [3.05, 3.63) is 29.8 Å². The Morgan fingerprint density at radius 2 is 1.66 bits per heavy atom. The molecule has 1 aliphatic heterocycles. The Morgan fingerprint density at radius 1 is 1.00 bits per heavy atom. The molecule has 2 fully saturated rings. The van der Waals surface area contributed by atoms with Crippen molar-refractivity contribution in [1.29, 1.82) is 0 Å². The highest BCUT2D eigenvalue weighted by atomic mass is 16.2. The van der Waals surface area contributed by atoms with Crippen LogP contribution < -0.4 is 10.6 Å². The lowest BCUT2D eigenvalue weighted by Crippen LogP contribution is -2.40. The molecule has 1 saturated carbocycles. The highest BCUT2D eigenvalue weighted by Crippen LogP contribution is 2.21. The third kappa shape index (κ3) is 6.54. The summed E-state index contributed by atoms with van der Waals surface area (Å²) in [6.07, 6.45) is 2.95. The van der Waals surface area contributed by atoms with Gasteiger partial charge in [0.15, 0.2) is 0 Å². The van der Waals surface area contributed by atoms with Crippen molar-refractivity contribution in [2.24, 2.45) is 0 Å². The fourth-order valence-electron chi connectivity index (χ4n) is 3.35. The molecule has 1 heterocycles. The van der Waals surface area contributed by atoms with Crippen molar-refractivity contribution >= 4 is 23.4 Å². The molecule has 3 amide bonds. The van der Waals surface area contributed by atoms with E-state index in [-0.39, 0.29) is 30.3 Å². The van der Waals surface area contributed by atoms with E-state index in [1.54, 1.807) is 37.2 Å². The van der Waals surface area contributed by atoms with Gasteiger partial charge in [-0.1, -0.05) is 12.1 Å². The van der Waals surface area contributed by atoms with Crippen LogP contribution in [-0.4, -0.2) is 91.8 Å². The number of hydrogen-bond acceptors (Lipinski definition) is 5. The van der Waals surface area contributed by atoms with E-state index in [1.165, 1.54) is 0 Å². The highest BCUT2D eigenvalue weighted by Gasteiger charge is 2.25. The minimum absolute atomic E-state index is 0.0947. The smallest absolute Gasteiger partial charge is 0.253 e. The Bertz CT molecular complexity index is 748. The van der Waals surface area contributed by atoms with Gasteiger partial charge >= 0.3 is 0 Å². The molecule has 1 saturated heterocycles. The molecule has 1 aromatic carbocycles. The predicted molar refractivity (Wildman–Crippen MR) is 112 cm³/mol. The normalized spacial score (nSPS) is 18.0. The Kier molecular flexibility index (Phi) is 7.22. The highest BCUT2D eigenvalue weighted by molar-refractivity contribution is 6.04. The van der Waals surface area contributed by atoms with Gasteiger partial charge in [-0.25, -0.2) is 0 Å². The molecule has 8 heteroatoms. The van der Waals surface area contributed by atoms with E-state index in [0.717, 1.165) is 45.4 Å². The minimum atomic E-state index is -0.139. The number of amides is 3. The maximum Gasteiger partial charge on any atom is 0.253 e. The van der Waals surface area contributed by atoms with Gasteiger partial charge in [0.05, 0.1) is 24.3 Å². The Balaban J connectivity index is 1.51. The molecule has 0 unspecified atom stereocenters. The maximum atomic E-state index is 12.6. The first-order chi connectivity index (χ1) is 13.9. The second-order valence-corrected chi connectivity index (χ2v) is 8.04. The molecule has 0 atom stereocenters. The Hall–Kier alpha value is -2.45. The van der Waals surface area contributed by atoms with Gasteiger partial charge in [0, 0.05) is 33.2 Å². The van der Waals surface area contributed by atoms with E-state index in [0.29, 0.717) is 17.8 Å². The third-order valence-electron chi connectivity index (χ3n) is 5.26. The summed E-state index contributed by atoms with van der Waals surface area (Å²) in [5.74, 6) is -0.175. The number of nitrogens with one attached hydrogen (secondary N) is 2. The van der Waals surface area contributed by atoms with Crippen LogP contribution in [0.15, 0.2) is 24.3 Å². The first-order valence-electron chi connectivity index (χ1n) is 10.3. The molecule has 0 aromatic heterocycles. The zero-order valence-corrected chi connectivity index (χ0v) is 17.3. The molecule has 158 valence electrons. The van der Waals surface area contributed by atoms with Gasteiger partial charge in [-0.05, 0) is 44.5 Å². The summed E-state index contributed by atoms with van der Waals surface area (Å²) in [6, 6.07) is 7.38. The lowest BCUT2D eigenvalue weighted by molar-refractivity contribution is -0.129. The van der Waals surface area contributed by atoms with Crippen molar-refractivity contribution in [2.75, 3.05) is 58.7 Å². The first kappa shape index (κ1) is 21.3. The predicted octanol–water partition coefficient (Wildman–Crippen LogP) is 0.613. The summed E-state index contributed by atoms with van der Waals surface area (Å²) < 4.78 is 0. The third-order valence-corrected chi connectivity index (χ3v) is 5.26. The summed E-state index contributed by atoms with van der Waals surface area (Å²) in [6.45, 7) is 3.83. The van der Waals surface area contributed by atoms with Gasteiger partial charge < -0.3 is 15.5 Å². The van der Waals surface area contributed by atoms with E-state index in [4.69, 9.17) is 0 Å². The van der Waals surface area contributed by atoms with Crippen LogP contribution in [0.2, 0.25) is 0 Å². The maximum absolute atomic E-state index is 12.6. The van der Waals surface area contributed by atoms with Crippen LogP contribution in [-0.2, 0) is 9.59 Å². The van der Waals surface area contributed by atoms with Gasteiger partial charge in [-0.2, -0.15) is 0 Å². The van der Waals surface area contributed by atoms with Crippen molar-refractivity contribution < 1.29 is 14.4 Å². The quantitative estimate of drug-likeness (QED) is 0.700. The number of carbonyl (C=O) groups is 3. The van der Waals surface area contributed by atoms with E-state index >= 15 is 0 Å². The number of para-hydroxylation sites is 1. The monoisotopic (exact) mass is 401 g/mol. The van der Waals surface area contributed by atoms with E-state index < -0.39 is 0 Å². The topological polar surface area (TPSA) is 85.0 Å². The number of rotatable bonds is 7. The van der Waals surface area contributed by atoms with Crippen LogP contribution in [0, 0.1) is 0 Å². The number of nitrogens with zero attached hydrogens (tertiary/aromatic N) is 3. The van der Waals surface area contributed by atoms with Crippen molar-refractivity contribution in [3.8, 4) is 0 Å². The average molecular weight is 402 g/mol.